The summed E-state index contributed by atoms with van der Waals surface area (Å²) >= 11 is 5.78. The van der Waals surface area contributed by atoms with Crippen LogP contribution in [0.2, 0.25) is 5.02 Å². The fourth-order valence-corrected chi connectivity index (χ4v) is 1.69. The Bertz CT molecular complexity index is 506. The van der Waals surface area contributed by atoms with Gasteiger partial charge in [-0.3, -0.25) is 4.79 Å². The van der Waals surface area contributed by atoms with E-state index in [1.807, 2.05) is 42.5 Å². The monoisotopic (exact) mass is 260 g/mol. The van der Waals surface area contributed by atoms with Crippen molar-refractivity contribution in [3.05, 3.63) is 65.2 Å². The van der Waals surface area contributed by atoms with Gasteiger partial charge >= 0.3 is 0 Å². The van der Waals surface area contributed by atoms with Crippen molar-refractivity contribution < 1.29 is 9.53 Å². The number of halogens is 1. The second-order valence-corrected chi connectivity index (χ2v) is 4.38. The molecule has 0 spiro atoms. The van der Waals surface area contributed by atoms with Crippen LogP contribution in [0.1, 0.15) is 5.56 Å². The number of Topliss-reactive ketones (excluding diaryl/α,β-unsaturated/α-hetero) is 1. The highest BCUT2D eigenvalue weighted by Gasteiger charge is 2.04. The lowest BCUT2D eigenvalue weighted by Gasteiger charge is -2.05. The summed E-state index contributed by atoms with van der Waals surface area (Å²) in [5, 5.41) is 0.673. The average Bonchev–Trinajstić information content (AvgIpc) is 2.40. The Morgan fingerprint density at radius 3 is 2.33 bits per heavy atom. The van der Waals surface area contributed by atoms with Crippen LogP contribution in [-0.2, 0) is 11.2 Å². The number of carbonyl (C=O) groups excluding carboxylic acids is 1. The number of hydrogen-bond donors (Lipinski definition) is 0. The molecule has 92 valence electrons. The van der Waals surface area contributed by atoms with Crippen LogP contribution in [0.25, 0.3) is 0 Å². The Balaban J connectivity index is 1.84. The quantitative estimate of drug-likeness (QED) is 0.822. The molecule has 0 aliphatic carbocycles. The molecule has 2 aromatic carbocycles. The van der Waals surface area contributed by atoms with Crippen molar-refractivity contribution >= 4 is 17.4 Å². The molecule has 0 N–H and O–H groups in total. The molecular formula is C15H13ClO2. The number of carbonyl (C=O) groups is 1. The Hall–Kier alpha value is -1.80. The van der Waals surface area contributed by atoms with Gasteiger partial charge in [0.2, 0.25) is 0 Å². The van der Waals surface area contributed by atoms with Crippen LogP contribution >= 0.6 is 11.6 Å². The Kier molecular flexibility index (Phi) is 4.37. The fraction of sp³-hybridized carbons (Fsp3) is 0.133. The molecule has 0 unspecified atom stereocenters. The summed E-state index contributed by atoms with van der Waals surface area (Å²) in [6.07, 6.45) is 0.365. The predicted octanol–water partition coefficient (Wildman–Crippen LogP) is 3.53. The van der Waals surface area contributed by atoms with Crippen molar-refractivity contribution in [2.45, 2.75) is 6.42 Å². The van der Waals surface area contributed by atoms with Gasteiger partial charge < -0.3 is 4.74 Å². The molecule has 0 heterocycles. The van der Waals surface area contributed by atoms with Gasteiger partial charge in [0.15, 0.2) is 5.78 Å². The minimum Gasteiger partial charge on any atom is -0.486 e. The second kappa shape index (κ2) is 6.22. The third kappa shape index (κ3) is 3.90. The van der Waals surface area contributed by atoms with Gasteiger partial charge in [0, 0.05) is 11.4 Å². The molecule has 0 amide bonds. The lowest BCUT2D eigenvalue weighted by Crippen LogP contribution is -2.13. The zero-order valence-electron chi connectivity index (χ0n) is 9.80. The van der Waals surface area contributed by atoms with E-state index < -0.39 is 0 Å². The van der Waals surface area contributed by atoms with Crippen molar-refractivity contribution in [1.29, 1.82) is 0 Å². The first-order valence-electron chi connectivity index (χ1n) is 5.68. The minimum absolute atomic E-state index is 0.0428. The Labute approximate surface area is 111 Å². The van der Waals surface area contributed by atoms with E-state index in [1.54, 1.807) is 12.1 Å². The van der Waals surface area contributed by atoms with Gasteiger partial charge in [-0.2, -0.15) is 0 Å². The summed E-state index contributed by atoms with van der Waals surface area (Å²) in [4.78, 5) is 11.7. The average molecular weight is 261 g/mol. The van der Waals surface area contributed by atoms with E-state index in [9.17, 15) is 4.79 Å². The SMILES string of the molecule is O=C(COc1ccccc1)Cc1ccc(Cl)cc1. The van der Waals surface area contributed by atoms with Crippen LogP contribution in [0, 0.1) is 0 Å². The van der Waals surface area contributed by atoms with Gasteiger partial charge in [-0.25, -0.2) is 0 Å². The molecule has 0 saturated carbocycles. The molecule has 0 atom stereocenters. The molecule has 2 nitrogen and oxygen atoms in total. The number of para-hydroxylation sites is 1. The molecular weight excluding hydrogens is 248 g/mol. The van der Waals surface area contributed by atoms with E-state index in [1.165, 1.54) is 0 Å². The summed E-state index contributed by atoms with van der Waals surface area (Å²) < 4.78 is 5.39. The van der Waals surface area contributed by atoms with E-state index in [0.29, 0.717) is 17.2 Å². The summed E-state index contributed by atoms with van der Waals surface area (Å²) in [5.41, 5.74) is 0.945. The highest BCUT2D eigenvalue weighted by Crippen LogP contribution is 2.11. The minimum atomic E-state index is 0.0428. The third-order valence-electron chi connectivity index (χ3n) is 2.46. The first-order chi connectivity index (χ1) is 8.74. The maximum absolute atomic E-state index is 11.7. The van der Waals surface area contributed by atoms with Gasteiger partial charge in [-0.05, 0) is 29.8 Å². The van der Waals surface area contributed by atoms with E-state index in [2.05, 4.69) is 0 Å². The van der Waals surface area contributed by atoms with Crippen LogP contribution in [-0.4, -0.2) is 12.4 Å². The van der Waals surface area contributed by atoms with Crippen molar-refractivity contribution in [2.75, 3.05) is 6.61 Å². The molecule has 0 aromatic heterocycles. The lowest BCUT2D eigenvalue weighted by molar-refractivity contribution is -0.120. The standard InChI is InChI=1S/C15H13ClO2/c16-13-8-6-12(7-9-13)10-14(17)11-18-15-4-2-1-3-5-15/h1-9H,10-11H2. The fourth-order valence-electron chi connectivity index (χ4n) is 1.56. The number of ether oxygens (including phenoxy) is 1. The molecule has 0 aliphatic heterocycles. The van der Waals surface area contributed by atoms with Crippen molar-refractivity contribution in [1.82, 2.24) is 0 Å². The molecule has 0 aliphatic rings. The topological polar surface area (TPSA) is 26.3 Å². The maximum Gasteiger partial charge on any atom is 0.174 e. The van der Waals surface area contributed by atoms with E-state index in [0.717, 1.165) is 5.56 Å². The molecule has 3 heteroatoms. The second-order valence-electron chi connectivity index (χ2n) is 3.94. The molecule has 18 heavy (non-hydrogen) atoms. The van der Waals surface area contributed by atoms with Crippen LogP contribution in [0.15, 0.2) is 54.6 Å². The Morgan fingerprint density at radius 2 is 1.67 bits per heavy atom. The summed E-state index contributed by atoms with van der Waals surface area (Å²) in [5.74, 6) is 0.753. The highest BCUT2D eigenvalue weighted by molar-refractivity contribution is 6.30. The molecule has 2 aromatic rings. The Morgan fingerprint density at radius 1 is 1.00 bits per heavy atom. The van der Waals surface area contributed by atoms with E-state index >= 15 is 0 Å². The van der Waals surface area contributed by atoms with Crippen molar-refractivity contribution in [2.24, 2.45) is 0 Å². The number of benzene rings is 2. The van der Waals surface area contributed by atoms with Crippen molar-refractivity contribution in [3.63, 3.8) is 0 Å². The molecule has 0 bridgehead atoms. The zero-order valence-corrected chi connectivity index (χ0v) is 10.6. The largest absolute Gasteiger partial charge is 0.486 e. The first-order valence-corrected chi connectivity index (χ1v) is 6.06. The third-order valence-corrected chi connectivity index (χ3v) is 2.71. The highest BCUT2D eigenvalue weighted by atomic mass is 35.5. The van der Waals surface area contributed by atoms with Crippen LogP contribution in [0.3, 0.4) is 0 Å². The summed E-state index contributed by atoms with van der Waals surface area (Å²) in [6, 6.07) is 16.6. The molecule has 0 saturated heterocycles. The number of ketones is 1. The van der Waals surface area contributed by atoms with Crippen LogP contribution in [0.5, 0.6) is 5.75 Å². The van der Waals surface area contributed by atoms with Gasteiger partial charge in [-0.1, -0.05) is 41.9 Å². The summed E-state index contributed by atoms with van der Waals surface area (Å²) in [6.45, 7) is 0.0899. The summed E-state index contributed by atoms with van der Waals surface area (Å²) in [7, 11) is 0. The molecule has 0 fully saturated rings. The number of rotatable bonds is 5. The smallest absolute Gasteiger partial charge is 0.174 e. The van der Waals surface area contributed by atoms with Crippen LogP contribution in [0.4, 0.5) is 0 Å². The first kappa shape index (κ1) is 12.7. The van der Waals surface area contributed by atoms with Crippen molar-refractivity contribution in [3.8, 4) is 5.75 Å². The van der Waals surface area contributed by atoms with Crippen LogP contribution < -0.4 is 4.74 Å². The van der Waals surface area contributed by atoms with E-state index in [4.69, 9.17) is 16.3 Å². The maximum atomic E-state index is 11.7. The zero-order chi connectivity index (χ0) is 12.8. The molecule has 2 rings (SSSR count). The normalized spacial score (nSPS) is 10.1. The lowest BCUT2D eigenvalue weighted by atomic mass is 10.1. The van der Waals surface area contributed by atoms with Gasteiger partial charge in [-0.15, -0.1) is 0 Å². The van der Waals surface area contributed by atoms with Gasteiger partial charge in [0.25, 0.3) is 0 Å². The van der Waals surface area contributed by atoms with Gasteiger partial charge in [0.1, 0.15) is 12.4 Å². The molecule has 0 radical (unpaired) electrons. The predicted molar refractivity (Wildman–Crippen MR) is 72.1 cm³/mol. The van der Waals surface area contributed by atoms with Gasteiger partial charge in [0.05, 0.1) is 0 Å². The van der Waals surface area contributed by atoms with E-state index in [-0.39, 0.29) is 12.4 Å². The number of hydrogen-bond acceptors (Lipinski definition) is 2.